The number of hydroxylamine groups is 2. The molecular weight excluding hydrogens is 302 g/mol. The van der Waals surface area contributed by atoms with E-state index < -0.39 is 0 Å². The number of hydrogen-bond acceptors (Lipinski definition) is 5. The summed E-state index contributed by atoms with van der Waals surface area (Å²) in [6, 6.07) is 3.68. The van der Waals surface area contributed by atoms with Crippen LogP contribution in [-0.2, 0) is 5.41 Å². The molecule has 1 fully saturated rings. The van der Waals surface area contributed by atoms with Crippen molar-refractivity contribution >= 4 is 22.7 Å². The van der Waals surface area contributed by atoms with Crippen molar-refractivity contribution in [3.05, 3.63) is 23.0 Å². The summed E-state index contributed by atoms with van der Waals surface area (Å²) >= 11 is 6.32. The van der Waals surface area contributed by atoms with Gasteiger partial charge in [-0.3, -0.25) is 0 Å². The zero-order valence-electron chi connectivity index (χ0n) is 13.5. The van der Waals surface area contributed by atoms with Gasteiger partial charge in [-0.1, -0.05) is 32.4 Å². The third-order valence-electron chi connectivity index (χ3n) is 3.79. The first-order chi connectivity index (χ1) is 10.3. The maximum atomic E-state index is 6.32. The number of benzene rings is 1. The van der Waals surface area contributed by atoms with Gasteiger partial charge >= 0.3 is 0 Å². The lowest BCUT2D eigenvalue weighted by atomic mass is 9.97. The highest BCUT2D eigenvalue weighted by Crippen LogP contribution is 2.36. The molecule has 0 bridgehead atoms. The quantitative estimate of drug-likeness (QED) is 0.848. The van der Waals surface area contributed by atoms with Gasteiger partial charge in [0.25, 0.3) is 0 Å². The summed E-state index contributed by atoms with van der Waals surface area (Å²) in [4.78, 5) is 12.8. The largest absolute Gasteiger partial charge is 0.436 e. The van der Waals surface area contributed by atoms with Gasteiger partial charge in [0.2, 0.25) is 17.2 Å². The number of likely N-dealkylation sites (N-methyl/N-ethyl adjacent to an activating group) is 1. The molecule has 1 saturated heterocycles. The van der Waals surface area contributed by atoms with E-state index >= 15 is 0 Å². The molecule has 0 amide bonds. The molecule has 2 aromatic rings. The fraction of sp³-hybridized carbons (Fsp3) is 0.562. The van der Waals surface area contributed by atoms with Crippen LogP contribution in [-0.4, -0.2) is 48.2 Å². The van der Waals surface area contributed by atoms with Crippen LogP contribution in [0.4, 0.5) is 0 Å². The molecule has 0 aliphatic carbocycles. The maximum absolute atomic E-state index is 6.32. The van der Waals surface area contributed by atoms with Gasteiger partial charge in [0.1, 0.15) is 5.52 Å². The van der Waals surface area contributed by atoms with Gasteiger partial charge in [0.15, 0.2) is 0 Å². The van der Waals surface area contributed by atoms with E-state index in [1.165, 1.54) is 0 Å². The van der Waals surface area contributed by atoms with Crippen LogP contribution in [0.2, 0.25) is 5.02 Å². The Kier molecular flexibility index (Phi) is 4.05. The fourth-order valence-corrected chi connectivity index (χ4v) is 2.54. The molecule has 0 radical (unpaired) electrons. The van der Waals surface area contributed by atoms with Crippen molar-refractivity contribution in [1.29, 1.82) is 0 Å². The van der Waals surface area contributed by atoms with E-state index in [4.69, 9.17) is 20.9 Å². The molecule has 1 aliphatic rings. The highest BCUT2D eigenvalue weighted by molar-refractivity contribution is 6.33. The van der Waals surface area contributed by atoms with Crippen molar-refractivity contribution < 1.29 is 9.25 Å². The molecule has 22 heavy (non-hydrogen) atoms. The van der Waals surface area contributed by atoms with Crippen LogP contribution in [0.5, 0.6) is 5.75 Å². The maximum Gasteiger partial charge on any atom is 0.210 e. The third-order valence-corrected chi connectivity index (χ3v) is 4.09. The van der Waals surface area contributed by atoms with Crippen molar-refractivity contribution in [3.63, 3.8) is 0 Å². The second-order valence-corrected chi connectivity index (χ2v) is 7.22. The Morgan fingerprint density at radius 3 is 2.50 bits per heavy atom. The van der Waals surface area contributed by atoms with Crippen molar-refractivity contribution in [2.45, 2.75) is 26.2 Å². The lowest BCUT2D eigenvalue weighted by Crippen LogP contribution is -2.45. The van der Waals surface area contributed by atoms with E-state index in [0.29, 0.717) is 22.2 Å². The highest BCUT2D eigenvalue weighted by atomic mass is 35.5. The van der Waals surface area contributed by atoms with E-state index in [1.807, 2.05) is 17.2 Å². The van der Waals surface area contributed by atoms with Crippen molar-refractivity contribution in [2.75, 3.05) is 33.2 Å². The molecule has 0 saturated carbocycles. The van der Waals surface area contributed by atoms with Crippen LogP contribution in [0.15, 0.2) is 16.5 Å². The van der Waals surface area contributed by atoms with Gasteiger partial charge in [-0.05, 0) is 19.2 Å². The molecule has 0 atom stereocenters. The molecule has 6 heteroatoms. The Bertz CT molecular complexity index is 670. The molecule has 1 aromatic carbocycles. The normalized spacial score (nSPS) is 18.0. The Labute approximate surface area is 135 Å². The molecule has 0 N–H and O–H groups in total. The number of oxazole rings is 1. The second kappa shape index (κ2) is 5.72. The highest BCUT2D eigenvalue weighted by Gasteiger charge is 2.25. The van der Waals surface area contributed by atoms with E-state index in [2.05, 4.69) is 37.7 Å². The fourth-order valence-electron chi connectivity index (χ4n) is 2.36. The molecule has 0 spiro atoms. The zero-order chi connectivity index (χ0) is 15.9. The topological polar surface area (TPSA) is 41.7 Å². The summed E-state index contributed by atoms with van der Waals surface area (Å²) in [5.74, 6) is 1.25. The van der Waals surface area contributed by atoms with Crippen LogP contribution in [0.3, 0.4) is 0 Å². The molecule has 3 rings (SSSR count). The number of nitrogens with zero attached hydrogens (tertiary/aromatic N) is 3. The van der Waals surface area contributed by atoms with Crippen LogP contribution in [0.1, 0.15) is 26.7 Å². The van der Waals surface area contributed by atoms with Gasteiger partial charge in [-0.15, -0.1) is 5.06 Å². The number of halogens is 1. The second-order valence-electron chi connectivity index (χ2n) is 6.82. The smallest absolute Gasteiger partial charge is 0.210 e. The Morgan fingerprint density at radius 2 is 1.86 bits per heavy atom. The van der Waals surface area contributed by atoms with Gasteiger partial charge < -0.3 is 14.2 Å². The van der Waals surface area contributed by atoms with Crippen molar-refractivity contribution in [3.8, 4) is 5.75 Å². The number of aromatic nitrogens is 1. The standard InChI is InChI=1S/C16H22ClN3O2/c1-16(2,3)15-18-12-6-5-11(17)13(14(12)21-15)22-20-9-7-19(4)8-10-20/h5-6H,7-10H2,1-4H3. The van der Waals surface area contributed by atoms with E-state index in [1.54, 1.807) is 0 Å². The van der Waals surface area contributed by atoms with Gasteiger partial charge in [0, 0.05) is 31.6 Å². The Balaban J connectivity index is 1.94. The van der Waals surface area contributed by atoms with Gasteiger partial charge in [-0.2, -0.15) is 0 Å². The lowest BCUT2D eigenvalue weighted by Gasteiger charge is -2.31. The monoisotopic (exact) mass is 323 g/mol. The average Bonchev–Trinajstić information content (AvgIpc) is 2.89. The average molecular weight is 324 g/mol. The minimum absolute atomic E-state index is 0.156. The first-order valence-electron chi connectivity index (χ1n) is 7.55. The van der Waals surface area contributed by atoms with Crippen molar-refractivity contribution in [1.82, 2.24) is 14.9 Å². The first-order valence-corrected chi connectivity index (χ1v) is 7.93. The molecule has 120 valence electrons. The minimum atomic E-state index is -0.156. The third kappa shape index (κ3) is 3.07. The van der Waals surface area contributed by atoms with Crippen molar-refractivity contribution in [2.24, 2.45) is 0 Å². The molecule has 0 unspecified atom stereocenters. The summed E-state index contributed by atoms with van der Waals surface area (Å²) in [5, 5.41) is 2.47. The van der Waals surface area contributed by atoms with Crippen LogP contribution < -0.4 is 4.84 Å². The molecular formula is C16H22ClN3O2. The van der Waals surface area contributed by atoms with Crippen LogP contribution >= 0.6 is 11.6 Å². The lowest BCUT2D eigenvalue weighted by molar-refractivity contribution is -0.0842. The van der Waals surface area contributed by atoms with Crippen LogP contribution in [0.25, 0.3) is 11.1 Å². The van der Waals surface area contributed by atoms with Crippen LogP contribution in [0, 0.1) is 0 Å². The predicted molar refractivity (Wildman–Crippen MR) is 87.4 cm³/mol. The first kappa shape index (κ1) is 15.6. The molecule has 1 aromatic heterocycles. The predicted octanol–water partition coefficient (Wildman–Crippen LogP) is 3.32. The van der Waals surface area contributed by atoms with E-state index in [9.17, 15) is 0 Å². The summed E-state index contributed by atoms with van der Waals surface area (Å²) < 4.78 is 5.95. The number of rotatable bonds is 2. The summed E-state index contributed by atoms with van der Waals surface area (Å²) in [7, 11) is 2.11. The SMILES string of the molecule is CN1CCN(Oc2c(Cl)ccc3nc(C(C)(C)C)oc23)CC1. The van der Waals surface area contributed by atoms with Gasteiger partial charge in [0.05, 0.1) is 5.02 Å². The molecule has 1 aliphatic heterocycles. The Hall–Kier alpha value is -1.30. The van der Waals surface area contributed by atoms with E-state index in [0.717, 1.165) is 31.7 Å². The minimum Gasteiger partial charge on any atom is -0.436 e. The summed E-state index contributed by atoms with van der Waals surface area (Å²) in [6.45, 7) is 9.82. The number of hydrogen-bond donors (Lipinski definition) is 0. The van der Waals surface area contributed by atoms with E-state index in [-0.39, 0.29) is 5.41 Å². The zero-order valence-corrected chi connectivity index (χ0v) is 14.3. The molecule has 2 heterocycles. The summed E-state index contributed by atoms with van der Waals surface area (Å²) in [5.41, 5.74) is 1.24. The number of piperazine rings is 1. The number of fused-ring (bicyclic) bond motifs is 1. The summed E-state index contributed by atoms with van der Waals surface area (Å²) in [6.07, 6.45) is 0. The van der Waals surface area contributed by atoms with Gasteiger partial charge in [-0.25, -0.2) is 4.98 Å². The Morgan fingerprint density at radius 1 is 1.18 bits per heavy atom. The molecule has 5 nitrogen and oxygen atoms in total.